The van der Waals surface area contributed by atoms with Crippen LogP contribution >= 0.6 is 23.4 Å². The molecule has 3 heterocycles. The molecular weight excluding hydrogens is 356 g/mol. The summed E-state index contributed by atoms with van der Waals surface area (Å²) in [5.41, 5.74) is 2.08. The van der Waals surface area contributed by atoms with Gasteiger partial charge in [-0.2, -0.15) is 0 Å². The Balaban J connectivity index is 1.36. The van der Waals surface area contributed by atoms with E-state index in [0.717, 1.165) is 47.8 Å². The van der Waals surface area contributed by atoms with Gasteiger partial charge < -0.3 is 9.64 Å². The summed E-state index contributed by atoms with van der Waals surface area (Å²) in [5, 5.41) is 10.2. The summed E-state index contributed by atoms with van der Waals surface area (Å²) < 4.78 is 7.97. The quantitative estimate of drug-likeness (QED) is 0.692. The van der Waals surface area contributed by atoms with Crippen molar-refractivity contribution in [3.05, 3.63) is 59.2 Å². The molecule has 5 nitrogen and oxygen atoms in total. The Labute approximate surface area is 155 Å². The fraction of sp³-hybridized carbons (Fsp3) is 0.333. The average Bonchev–Trinajstić information content (AvgIpc) is 3.06. The van der Waals surface area contributed by atoms with Crippen LogP contribution in [0.5, 0.6) is 0 Å². The predicted molar refractivity (Wildman–Crippen MR) is 99.3 cm³/mol. The van der Waals surface area contributed by atoms with Gasteiger partial charge in [-0.05, 0) is 18.2 Å². The highest BCUT2D eigenvalue weighted by molar-refractivity contribution is 7.99. The molecule has 1 unspecified atom stereocenters. The van der Waals surface area contributed by atoms with Crippen LogP contribution in [0.1, 0.15) is 5.56 Å². The standard InChI is InChI=1S/C18H19ClN4OS/c19-16-6-2-1-5-14(16)11-22-9-10-24-15(12-22)13-25-18-21-20-17-7-3-4-8-23(17)18/h1-8,15H,9-13H2/p+1/t15-/m0/s1. The molecule has 25 heavy (non-hydrogen) atoms. The van der Waals surface area contributed by atoms with Crippen LogP contribution in [0.4, 0.5) is 0 Å². The van der Waals surface area contributed by atoms with Gasteiger partial charge in [-0.1, -0.05) is 47.6 Å². The van der Waals surface area contributed by atoms with Gasteiger partial charge in [0.15, 0.2) is 10.8 Å². The predicted octanol–water partition coefficient (Wildman–Crippen LogP) is 1.96. The Morgan fingerprint density at radius 3 is 3.00 bits per heavy atom. The molecule has 0 aliphatic carbocycles. The second-order valence-corrected chi connectivity index (χ2v) is 7.58. The molecule has 0 bridgehead atoms. The van der Waals surface area contributed by atoms with Crippen LogP contribution in [-0.2, 0) is 11.3 Å². The fourth-order valence-electron chi connectivity index (χ4n) is 3.12. The molecule has 2 atom stereocenters. The summed E-state index contributed by atoms with van der Waals surface area (Å²) in [7, 11) is 0. The molecule has 130 valence electrons. The largest absolute Gasteiger partial charge is 0.366 e. The summed E-state index contributed by atoms with van der Waals surface area (Å²) in [6, 6.07) is 14.0. The molecule has 1 aliphatic heterocycles. The zero-order valence-corrected chi connectivity index (χ0v) is 15.3. The van der Waals surface area contributed by atoms with Gasteiger partial charge in [-0.25, -0.2) is 0 Å². The van der Waals surface area contributed by atoms with Crippen molar-refractivity contribution in [2.24, 2.45) is 0 Å². The Morgan fingerprint density at radius 1 is 1.20 bits per heavy atom. The van der Waals surface area contributed by atoms with E-state index in [1.54, 1.807) is 11.8 Å². The molecule has 0 amide bonds. The Bertz CT molecular complexity index is 856. The first-order chi connectivity index (χ1) is 12.3. The topological polar surface area (TPSA) is 43.9 Å². The molecule has 1 fully saturated rings. The molecule has 1 N–H and O–H groups in total. The average molecular weight is 376 g/mol. The number of rotatable bonds is 5. The third-order valence-corrected chi connectivity index (χ3v) is 5.85. The number of hydrogen-bond acceptors (Lipinski definition) is 4. The van der Waals surface area contributed by atoms with Crippen molar-refractivity contribution in [3.63, 3.8) is 0 Å². The second-order valence-electron chi connectivity index (χ2n) is 6.19. The van der Waals surface area contributed by atoms with Gasteiger partial charge in [0.2, 0.25) is 0 Å². The number of aromatic nitrogens is 3. The van der Waals surface area contributed by atoms with Gasteiger partial charge >= 0.3 is 0 Å². The number of nitrogens with one attached hydrogen (secondary N) is 1. The maximum absolute atomic E-state index is 6.30. The summed E-state index contributed by atoms with van der Waals surface area (Å²) in [4.78, 5) is 1.51. The monoisotopic (exact) mass is 375 g/mol. The van der Waals surface area contributed by atoms with E-state index in [1.807, 2.05) is 47.0 Å². The van der Waals surface area contributed by atoms with Crippen molar-refractivity contribution in [1.82, 2.24) is 14.6 Å². The van der Waals surface area contributed by atoms with Crippen LogP contribution < -0.4 is 4.90 Å². The van der Waals surface area contributed by atoms with Gasteiger partial charge in [0.05, 0.1) is 6.61 Å². The first-order valence-corrected chi connectivity index (χ1v) is 9.77. The summed E-state index contributed by atoms with van der Waals surface area (Å²) in [5.74, 6) is 0.877. The van der Waals surface area contributed by atoms with Gasteiger partial charge in [-0.15, -0.1) is 10.2 Å². The normalized spacial score (nSPS) is 20.8. The number of pyridine rings is 1. The SMILES string of the molecule is Clc1ccccc1C[NH+]1CCO[C@H](CSc2nnc3ccccn23)C1. The van der Waals surface area contributed by atoms with E-state index < -0.39 is 0 Å². The molecule has 1 aliphatic rings. The van der Waals surface area contributed by atoms with E-state index in [4.69, 9.17) is 16.3 Å². The van der Waals surface area contributed by atoms with E-state index in [0.29, 0.717) is 0 Å². The lowest BCUT2D eigenvalue weighted by atomic mass is 10.2. The van der Waals surface area contributed by atoms with Gasteiger partial charge in [0.25, 0.3) is 0 Å². The van der Waals surface area contributed by atoms with Gasteiger partial charge in [0.1, 0.15) is 25.7 Å². The maximum Gasteiger partial charge on any atom is 0.195 e. The minimum absolute atomic E-state index is 0.215. The Hall–Kier alpha value is -1.60. The highest BCUT2D eigenvalue weighted by Gasteiger charge is 2.25. The molecule has 1 saturated heterocycles. The maximum atomic E-state index is 6.30. The highest BCUT2D eigenvalue weighted by Crippen LogP contribution is 2.19. The molecule has 3 aromatic rings. The highest BCUT2D eigenvalue weighted by atomic mass is 35.5. The van der Waals surface area contributed by atoms with Crippen LogP contribution in [0, 0.1) is 0 Å². The zero-order valence-electron chi connectivity index (χ0n) is 13.8. The van der Waals surface area contributed by atoms with E-state index in [2.05, 4.69) is 16.3 Å². The van der Waals surface area contributed by atoms with Gasteiger partial charge in [-0.3, -0.25) is 4.40 Å². The number of fused-ring (bicyclic) bond motifs is 1. The van der Waals surface area contributed by atoms with E-state index in [1.165, 1.54) is 10.5 Å². The number of halogens is 1. The van der Waals surface area contributed by atoms with Crippen LogP contribution in [0.25, 0.3) is 5.65 Å². The smallest absolute Gasteiger partial charge is 0.195 e. The number of quaternary nitrogens is 1. The van der Waals surface area contributed by atoms with Crippen molar-refractivity contribution in [2.75, 3.05) is 25.4 Å². The Morgan fingerprint density at radius 2 is 2.08 bits per heavy atom. The number of benzene rings is 1. The zero-order chi connectivity index (χ0) is 17.1. The molecular formula is C18H20ClN4OS+. The minimum atomic E-state index is 0.215. The number of thioether (sulfide) groups is 1. The lowest BCUT2D eigenvalue weighted by molar-refractivity contribution is -0.924. The number of nitrogens with zero attached hydrogens (tertiary/aromatic N) is 3. The van der Waals surface area contributed by atoms with Crippen molar-refractivity contribution in [1.29, 1.82) is 0 Å². The molecule has 4 rings (SSSR count). The molecule has 2 aromatic heterocycles. The van der Waals surface area contributed by atoms with E-state index in [9.17, 15) is 0 Å². The molecule has 0 spiro atoms. The van der Waals surface area contributed by atoms with Crippen LogP contribution in [0.2, 0.25) is 5.02 Å². The number of ether oxygens (including phenoxy) is 1. The molecule has 0 radical (unpaired) electrons. The van der Waals surface area contributed by atoms with Crippen LogP contribution in [-0.4, -0.2) is 46.2 Å². The fourth-order valence-corrected chi connectivity index (χ4v) is 4.26. The summed E-state index contributed by atoms with van der Waals surface area (Å²) in [6.45, 7) is 3.72. The minimum Gasteiger partial charge on any atom is -0.366 e. The summed E-state index contributed by atoms with van der Waals surface area (Å²) >= 11 is 8.00. The number of morpholine rings is 1. The van der Waals surface area contributed by atoms with Crippen molar-refractivity contribution in [3.8, 4) is 0 Å². The van der Waals surface area contributed by atoms with E-state index >= 15 is 0 Å². The molecule has 0 saturated carbocycles. The first-order valence-electron chi connectivity index (χ1n) is 8.41. The van der Waals surface area contributed by atoms with Crippen molar-refractivity contribution in [2.45, 2.75) is 17.8 Å². The number of hydrogen-bond donors (Lipinski definition) is 1. The lowest BCUT2D eigenvalue weighted by Crippen LogP contribution is -3.13. The molecule has 1 aromatic carbocycles. The summed E-state index contributed by atoms with van der Waals surface area (Å²) in [6.07, 6.45) is 2.21. The molecule has 7 heteroatoms. The lowest BCUT2D eigenvalue weighted by Gasteiger charge is -2.30. The third-order valence-electron chi connectivity index (χ3n) is 4.40. The first kappa shape index (κ1) is 16.8. The van der Waals surface area contributed by atoms with E-state index in [-0.39, 0.29) is 6.10 Å². The van der Waals surface area contributed by atoms with Crippen molar-refractivity contribution >= 4 is 29.0 Å². The Kier molecular flexibility index (Phi) is 5.22. The van der Waals surface area contributed by atoms with Crippen molar-refractivity contribution < 1.29 is 9.64 Å². The van der Waals surface area contributed by atoms with Crippen LogP contribution in [0.15, 0.2) is 53.8 Å². The third kappa shape index (κ3) is 3.98. The second kappa shape index (κ2) is 7.74. The van der Waals surface area contributed by atoms with Gasteiger partial charge in [0, 0.05) is 22.5 Å². The van der Waals surface area contributed by atoms with Crippen LogP contribution in [0.3, 0.4) is 0 Å².